The van der Waals surface area contributed by atoms with E-state index in [-0.39, 0.29) is 20.3 Å². The van der Waals surface area contributed by atoms with Gasteiger partial charge in [-0.15, -0.1) is 10.1 Å². The molecule has 1 aromatic carbocycles. The van der Waals surface area contributed by atoms with Gasteiger partial charge in [-0.2, -0.15) is 28.7 Å². The van der Waals surface area contributed by atoms with Gasteiger partial charge in [0.25, 0.3) is 10.1 Å². The molecule has 0 aliphatic heterocycles. The molecule has 0 aliphatic carbocycles. The summed E-state index contributed by atoms with van der Waals surface area (Å²) in [5.41, 5.74) is -8.31. The lowest BCUT2D eigenvalue weighted by molar-refractivity contribution is -0.259. The van der Waals surface area contributed by atoms with Crippen molar-refractivity contribution in [2.75, 3.05) is 59.9 Å². The van der Waals surface area contributed by atoms with Crippen molar-refractivity contribution in [3.8, 4) is 0 Å². The average Bonchev–Trinajstić information content (AvgIpc) is 3.05. The topological polar surface area (TPSA) is 353 Å². The molecule has 1 rings (SSSR count). The summed E-state index contributed by atoms with van der Waals surface area (Å²) in [6, 6.07) is 0. The molecule has 0 spiro atoms. The number of carboxylic acid groups (broad SMARTS) is 6. The lowest BCUT2D eigenvalue weighted by atomic mass is 10.0. The number of benzene rings is 1. The molecule has 0 heterocycles. The SMILES string of the molecule is CCON(C(=O)O)c1c(C(N(OCC)C(=O)O)N(OCC)C(=O)O)c(N(OCC)C(=O)O)c(S(=O)(=O)O)c(N(OCC)C(=O)O)c1N(OCC)C(=O)O. The fourth-order valence-corrected chi connectivity index (χ4v) is 5.28. The van der Waals surface area contributed by atoms with Gasteiger partial charge in [-0.05, 0) is 41.5 Å². The average molecular weight is 791 g/mol. The van der Waals surface area contributed by atoms with E-state index in [2.05, 4.69) is 0 Å². The van der Waals surface area contributed by atoms with Gasteiger partial charge in [-0.3, -0.25) is 33.6 Å². The number of hydrogen-bond acceptors (Lipinski definition) is 14. The zero-order chi connectivity index (χ0) is 41.0. The highest BCUT2D eigenvalue weighted by molar-refractivity contribution is 7.86. The van der Waals surface area contributed by atoms with Crippen molar-refractivity contribution in [3.05, 3.63) is 5.56 Å². The Balaban J connectivity index is 5.68. The fourth-order valence-electron chi connectivity index (χ4n) is 4.42. The third-order valence-corrected chi connectivity index (χ3v) is 6.71. The van der Waals surface area contributed by atoms with Crippen LogP contribution in [0.15, 0.2) is 4.90 Å². The molecule has 1 aromatic rings. The Bertz CT molecular complexity index is 1600. The van der Waals surface area contributed by atoms with Crippen LogP contribution in [0.2, 0.25) is 0 Å². The van der Waals surface area contributed by atoms with Gasteiger partial charge in [-0.1, -0.05) is 0 Å². The number of hydroxylamine groups is 8. The van der Waals surface area contributed by atoms with E-state index >= 15 is 0 Å². The van der Waals surface area contributed by atoms with Gasteiger partial charge in [0.05, 0.1) is 45.2 Å². The Morgan fingerprint density at radius 3 is 1.02 bits per heavy atom. The van der Waals surface area contributed by atoms with E-state index in [1.165, 1.54) is 0 Å². The summed E-state index contributed by atoms with van der Waals surface area (Å²) in [5, 5.41) is 59.7. The molecule has 7 N–H and O–H groups in total. The van der Waals surface area contributed by atoms with Gasteiger partial charge in [0, 0.05) is 0 Å². The van der Waals surface area contributed by atoms with Gasteiger partial charge in [-0.25, -0.2) is 28.8 Å². The second-order valence-corrected chi connectivity index (χ2v) is 10.4. The normalized spacial score (nSPS) is 11.2. The maximum Gasteiger partial charge on any atom is 0.436 e. The highest BCUT2D eigenvalue weighted by atomic mass is 32.2. The van der Waals surface area contributed by atoms with Gasteiger partial charge in [0.2, 0.25) is 0 Å². The minimum Gasteiger partial charge on any atom is -0.463 e. The van der Waals surface area contributed by atoms with E-state index in [4.69, 9.17) is 29.0 Å². The summed E-state index contributed by atoms with van der Waals surface area (Å²) in [5.74, 6) is 0. The second-order valence-electron chi connectivity index (χ2n) is 9.02. The molecule has 6 amide bonds. The molecule has 0 saturated heterocycles. The molecule has 0 fully saturated rings. The van der Waals surface area contributed by atoms with Crippen molar-refractivity contribution in [2.45, 2.75) is 52.6 Å². The van der Waals surface area contributed by atoms with Crippen molar-refractivity contribution in [1.29, 1.82) is 0 Å². The molecule has 53 heavy (non-hydrogen) atoms. The van der Waals surface area contributed by atoms with Crippen LogP contribution in [0.3, 0.4) is 0 Å². The van der Waals surface area contributed by atoms with Gasteiger partial charge in [0.1, 0.15) is 27.6 Å². The Hall–Kier alpha value is -5.49. The smallest absolute Gasteiger partial charge is 0.436 e. The standard InChI is InChI=1S/C25H38N6O21S/c1-7-47-26(20(32)33)14-13(19(30(24(40)41)51-11-5)31(25(42)43)52-12-6)15(27(21(34)35)48-8-2)18(53(44,45)46)17(29(23(38)39)50-10-4)16(14)28(22(36)37)49-9-3/h19H,7-12H2,1-6H3,(H,32,33)(H,34,35)(H,36,37)(H,38,39)(H,40,41)(H,42,43)(H,44,45,46). The molecule has 0 aliphatic rings. The molecular weight excluding hydrogens is 752 g/mol. The van der Waals surface area contributed by atoms with Crippen LogP contribution >= 0.6 is 0 Å². The summed E-state index contributed by atoms with van der Waals surface area (Å²) in [7, 11) is -6.27. The number of anilines is 4. The van der Waals surface area contributed by atoms with Gasteiger partial charge in [0.15, 0.2) is 6.17 Å². The predicted molar refractivity (Wildman–Crippen MR) is 170 cm³/mol. The Labute approximate surface area is 299 Å². The first kappa shape index (κ1) is 45.5. The predicted octanol–water partition coefficient (Wildman–Crippen LogP) is 3.54. The van der Waals surface area contributed by atoms with Crippen LogP contribution in [0.5, 0.6) is 0 Å². The molecule has 0 aromatic heterocycles. The van der Waals surface area contributed by atoms with Crippen LogP contribution in [0, 0.1) is 0 Å². The molecule has 0 unspecified atom stereocenters. The maximum atomic E-state index is 13.5. The lowest BCUT2D eigenvalue weighted by Gasteiger charge is -2.40. The lowest BCUT2D eigenvalue weighted by Crippen LogP contribution is -2.49. The zero-order valence-corrected chi connectivity index (χ0v) is 29.6. The largest absolute Gasteiger partial charge is 0.463 e. The molecule has 300 valence electrons. The van der Waals surface area contributed by atoms with Crippen LogP contribution in [-0.2, 0) is 39.1 Å². The number of amides is 6. The molecule has 0 saturated carbocycles. The summed E-state index contributed by atoms with van der Waals surface area (Å²) < 4.78 is 37.9. The monoisotopic (exact) mass is 790 g/mol. The van der Waals surface area contributed by atoms with Crippen molar-refractivity contribution in [3.63, 3.8) is 0 Å². The molecule has 0 bridgehead atoms. The number of carbonyl (C=O) groups is 6. The molecule has 0 radical (unpaired) electrons. The fraction of sp³-hybridized carbons (Fsp3) is 0.520. The van der Waals surface area contributed by atoms with Crippen molar-refractivity contribution >= 4 is 69.4 Å². The summed E-state index contributed by atoms with van der Waals surface area (Å²) in [6.07, 6.45) is -16.9. The summed E-state index contributed by atoms with van der Waals surface area (Å²) in [4.78, 5) is 106. The molecule has 27 nitrogen and oxygen atoms in total. The maximum absolute atomic E-state index is 13.5. The van der Waals surface area contributed by atoms with E-state index in [1.807, 2.05) is 0 Å². The first-order valence-corrected chi connectivity index (χ1v) is 16.3. The molecule has 28 heteroatoms. The number of nitrogens with zero attached hydrogens (tertiary/aromatic N) is 6. The third kappa shape index (κ3) is 10.3. The Morgan fingerprint density at radius 1 is 0.472 bits per heavy atom. The zero-order valence-electron chi connectivity index (χ0n) is 28.8. The van der Waals surface area contributed by atoms with Gasteiger partial charge >= 0.3 is 36.6 Å². The Kier molecular flexibility index (Phi) is 17.1. The van der Waals surface area contributed by atoms with Crippen LogP contribution in [-0.4, -0.2) is 130 Å². The van der Waals surface area contributed by atoms with E-state index in [1.54, 1.807) is 0 Å². The second kappa shape index (κ2) is 19.9. The van der Waals surface area contributed by atoms with Crippen LogP contribution in [0.25, 0.3) is 0 Å². The number of rotatable bonds is 20. The highest BCUT2D eigenvalue weighted by Crippen LogP contribution is 2.55. The first-order chi connectivity index (χ1) is 24.7. The summed E-state index contributed by atoms with van der Waals surface area (Å²) >= 11 is 0. The highest BCUT2D eigenvalue weighted by Gasteiger charge is 2.51. The van der Waals surface area contributed by atoms with Gasteiger partial charge < -0.3 is 30.6 Å². The van der Waals surface area contributed by atoms with Crippen molar-refractivity contribution < 1.29 is 101 Å². The van der Waals surface area contributed by atoms with Crippen molar-refractivity contribution in [2.24, 2.45) is 0 Å². The van der Waals surface area contributed by atoms with E-state index in [0.717, 1.165) is 41.5 Å². The molecule has 0 atom stereocenters. The number of hydrogen-bond donors (Lipinski definition) is 7. The van der Waals surface area contributed by atoms with E-state index < -0.39 is 136 Å². The van der Waals surface area contributed by atoms with Crippen molar-refractivity contribution in [1.82, 2.24) is 10.1 Å². The minimum atomic E-state index is -6.27. The third-order valence-electron chi connectivity index (χ3n) is 5.80. The summed E-state index contributed by atoms with van der Waals surface area (Å²) in [6.45, 7) is 2.56. The van der Waals surface area contributed by atoms with Crippen LogP contribution in [0.1, 0.15) is 53.3 Å². The van der Waals surface area contributed by atoms with E-state index in [9.17, 15) is 72.4 Å². The van der Waals surface area contributed by atoms with E-state index in [0.29, 0.717) is 0 Å². The minimum absolute atomic E-state index is 0.315. The quantitative estimate of drug-likeness (QED) is 0.0564. The first-order valence-electron chi connectivity index (χ1n) is 14.9. The molecular formula is C25H38N6O21S. The van der Waals surface area contributed by atoms with Crippen LogP contribution < -0.4 is 20.3 Å². The van der Waals surface area contributed by atoms with Crippen LogP contribution in [0.4, 0.5) is 51.5 Å². The Morgan fingerprint density at radius 2 is 0.755 bits per heavy atom.